The normalized spacial score (nSPS) is 45.8. The van der Waals surface area contributed by atoms with Crippen LogP contribution < -0.4 is 0 Å². The van der Waals surface area contributed by atoms with Crippen molar-refractivity contribution in [2.75, 3.05) is 6.54 Å². The smallest absolute Gasteiger partial charge is 0.344 e. The van der Waals surface area contributed by atoms with Crippen molar-refractivity contribution in [3.05, 3.63) is 12.2 Å². The van der Waals surface area contributed by atoms with Crippen LogP contribution in [-0.2, 0) is 19.1 Å². The molecule has 1 saturated carbocycles. The van der Waals surface area contributed by atoms with Crippen LogP contribution in [0.15, 0.2) is 12.2 Å². The van der Waals surface area contributed by atoms with Crippen LogP contribution in [0.5, 0.6) is 0 Å². The largest absolute Gasteiger partial charge is 0.401 e. The maximum Gasteiger partial charge on any atom is 0.401 e. The van der Waals surface area contributed by atoms with Crippen molar-refractivity contribution >= 4 is 11.8 Å². The summed E-state index contributed by atoms with van der Waals surface area (Å²) in [5, 5.41) is 0. The molecule has 2 aliphatic heterocycles. The van der Waals surface area contributed by atoms with E-state index in [1.54, 1.807) is 20.8 Å². The van der Waals surface area contributed by atoms with Crippen LogP contribution in [0.2, 0.25) is 0 Å². The molecule has 0 aromatic carbocycles. The summed E-state index contributed by atoms with van der Waals surface area (Å²) in [7, 11) is 0. The lowest BCUT2D eigenvalue weighted by molar-refractivity contribution is -0.278. The molecule has 3 aliphatic carbocycles. The van der Waals surface area contributed by atoms with Crippen molar-refractivity contribution in [2.24, 2.45) is 23.2 Å². The Morgan fingerprint density at radius 3 is 2.46 bits per heavy atom. The molecule has 132 valence electrons. The van der Waals surface area contributed by atoms with E-state index in [0.29, 0.717) is 0 Å². The van der Waals surface area contributed by atoms with Crippen LogP contribution in [-0.4, -0.2) is 47.4 Å². The molecule has 5 nitrogen and oxygen atoms in total. The van der Waals surface area contributed by atoms with Gasteiger partial charge in [0.05, 0.1) is 17.9 Å². The first-order chi connectivity index (χ1) is 11.0. The first kappa shape index (κ1) is 16.1. The first-order valence-electron chi connectivity index (χ1n) is 8.02. The molecule has 2 bridgehead atoms. The molecule has 5 aliphatic rings. The van der Waals surface area contributed by atoms with Gasteiger partial charge in [-0.15, -0.1) is 0 Å². The number of halogens is 3. The molecular formula is C16H18F3NO4. The Hall–Kier alpha value is -1.41. The lowest BCUT2D eigenvalue weighted by Crippen LogP contribution is -2.66. The summed E-state index contributed by atoms with van der Waals surface area (Å²) in [5.41, 5.74) is -2.53. The van der Waals surface area contributed by atoms with Gasteiger partial charge in [-0.3, -0.25) is 14.5 Å². The van der Waals surface area contributed by atoms with Crippen LogP contribution in [0.4, 0.5) is 13.2 Å². The van der Waals surface area contributed by atoms with Crippen molar-refractivity contribution in [1.82, 2.24) is 4.90 Å². The third kappa shape index (κ3) is 1.63. The van der Waals surface area contributed by atoms with Crippen LogP contribution >= 0.6 is 0 Å². The van der Waals surface area contributed by atoms with Gasteiger partial charge < -0.3 is 9.47 Å². The highest BCUT2D eigenvalue weighted by Gasteiger charge is 2.79. The monoisotopic (exact) mass is 345 g/mol. The Morgan fingerprint density at radius 1 is 1.21 bits per heavy atom. The molecule has 8 heteroatoms. The summed E-state index contributed by atoms with van der Waals surface area (Å²) in [4.78, 5) is 26.2. The maximum absolute atomic E-state index is 14.2. The highest BCUT2D eigenvalue weighted by atomic mass is 19.4. The van der Waals surface area contributed by atoms with Gasteiger partial charge in [0.1, 0.15) is 11.5 Å². The van der Waals surface area contributed by atoms with E-state index < -0.39 is 59.2 Å². The fourth-order valence-electron chi connectivity index (χ4n) is 4.90. The standard InChI is InChI=1S/C16H18F3NO4/c1-4-20-12(21)8-7-5-6-15(16(17,18)19,9(8)13(20)22)11-10(7)23-14(2,3)24-11/h5-11H,4H2,1-3H3/t7-,8+,9-,10-,11-,15-/m0/s1. The second-order valence-electron chi connectivity index (χ2n) is 7.31. The number of carbonyl (C=O) groups is 2. The van der Waals surface area contributed by atoms with Gasteiger partial charge >= 0.3 is 6.18 Å². The lowest BCUT2D eigenvalue weighted by atomic mass is 9.52. The minimum atomic E-state index is -4.73. The number of hydrogen-bond acceptors (Lipinski definition) is 4. The number of carbonyl (C=O) groups excluding carboxylic acids is 2. The van der Waals surface area contributed by atoms with E-state index in [4.69, 9.17) is 9.47 Å². The molecule has 0 aromatic heterocycles. The predicted molar refractivity (Wildman–Crippen MR) is 74.3 cm³/mol. The van der Waals surface area contributed by atoms with Gasteiger partial charge in [-0.05, 0) is 20.8 Å². The topological polar surface area (TPSA) is 55.8 Å². The number of amides is 2. The Morgan fingerprint density at radius 2 is 1.88 bits per heavy atom. The van der Waals surface area contributed by atoms with E-state index in [-0.39, 0.29) is 6.54 Å². The van der Waals surface area contributed by atoms with Crippen LogP contribution in [0.25, 0.3) is 0 Å². The highest BCUT2D eigenvalue weighted by Crippen LogP contribution is 2.66. The maximum atomic E-state index is 14.2. The zero-order valence-electron chi connectivity index (χ0n) is 13.5. The Kier molecular flexibility index (Phi) is 2.95. The SMILES string of the molecule is CCN1C(=O)[C@@H]2[C@@H]3C=C[C@](C(F)(F)F)([C@@H]2C1=O)[C@H]1OC(C)(C)O[C@@H]31. The molecule has 6 atom stereocenters. The first-order valence-corrected chi connectivity index (χ1v) is 8.02. The predicted octanol–water partition coefficient (Wildman–Crippen LogP) is 1.88. The number of nitrogens with zero attached hydrogens (tertiary/aromatic N) is 1. The Labute approximate surface area is 136 Å². The molecule has 0 aromatic rings. The molecule has 24 heavy (non-hydrogen) atoms. The summed E-state index contributed by atoms with van der Waals surface area (Å²) in [6, 6.07) is 0. The Bertz CT molecular complexity index is 658. The van der Waals surface area contributed by atoms with E-state index in [0.717, 1.165) is 11.0 Å². The quantitative estimate of drug-likeness (QED) is 0.538. The molecule has 0 N–H and O–H groups in total. The molecule has 0 radical (unpaired) electrons. The number of likely N-dealkylation sites (tertiary alicyclic amines) is 1. The second-order valence-corrected chi connectivity index (χ2v) is 7.31. The van der Waals surface area contributed by atoms with Gasteiger partial charge in [-0.25, -0.2) is 0 Å². The second kappa shape index (κ2) is 4.40. The number of alkyl halides is 3. The number of rotatable bonds is 1. The van der Waals surface area contributed by atoms with Gasteiger partial charge in [-0.1, -0.05) is 12.2 Å². The summed E-state index contributed by atoms with van der Waals surface area (Å²) in [6.07, 6.45) is -4.51. The molecule has 0 unspecified atom stereocenters. The lowest BCUT2D eigenvalue weighted by Gasteiger charge is -2.53. The van der Waals surface area contributed by atoms with E-state index in [9.17, 15) is 22.8 Å². The van der Waals surface area contributed by atoms with Gasteiger partial charge in [-0.2, -0.15) is 13.2 Å². The van der Waals surface area contributed by atoms with Gasteiger partial charge in [0.2, 0.25) is 11.8 Å². The highest BCUT2D eigenvalue weighted by molar-refractivity contribution is 6.06. The number of ether oxygens (including phenoxy) is 2. The van der Waals surface area contributed by atoms with Gasteiger partial charge in [0.15, 0.2) is 5.79 Å². The van der Waals surface area contributed by atoms with Crippen molar-refractivity contribution in [3.8, 4) is 0 Å². The molecule has 0 spiro atoms. The van der Waals surface area contributed by atoms with Crippen LogP contribution in [0.1, 0.15) is 20.8 Å². The van der Waals surface area contributed by atoms with Crippen molar-refractivity contribution in [2.45, 2.75) is 44.9 Å². The van der Waals surface area contributed by atoms with Gasteiger partial charge in [0.25, 0.3) is 0 Å². The fraction of sp³-hybridized carbons (Fsp3) is 0.750. The van der Waals surface area contributed by atoms with E-state index in [2.05, 4.69) is 0 Å². The molecule has 5 rings (SSSR count). The van der Waals surface area contributed by atoms with Crippen molar-refractivity contribution in [1.29, 1.82) is 0 Å². The fourth-order valence-corrected chi connectivity index (χ4v) is 4.90. The van der Waals surface area contributed by atoms with E-state index in [1.165, 1.54) is 6.08 Å². The third-order valence-corrected chi connectivity index (χ3v) is 5.75. The minimum absolute atomic E-state index is 0.0634. The molecular weight excluding hydrogens is 327 g/mol. The van der Waals surface area contributed by atoms with Crippen molar-refractivity contribution < 1.29 is 32.2 Å². The average molecular weight is 345 g/mol. The van der Waals surface area contributed by atoms with Crippen LogP contribution in [0.3, 0.4) is 0 Å². The zero-order valence-corrected chi connectivity index (χ0v) is 13.5. The van der Waals surface area contributed by atoms with E-state index in [1.807, 2.05) is 0 Å². The van der Waals surface area contributed by atoms with E-state index >= 15 is 0 Å². The van der Waals surface area contributed by atoms with Crippen molar-refractivity contribution in [3.63, 3.8) is 0 Å². The van der Waals surface area contributed by atoms with Gasteiger partial charge in [0, 0.05) is 12.5 Å². The summed E-state index contributed by atoms with van der Waals surface area (Å²) in [6.45, 7) is 4.74. The minimum Gasteiger partial charge on any atom is -0.344 e. The average Bonchev–Trinajstić information content (AvgIpc) is 2.94. The zero-order chi connectivity index (χ0) is 17.7. The molecule has 2 heterocycles. The molecule has 2 saturated heterocycles. The number of hydrogen-bond donors (Lipinski definition) is 0. The third-order valence-electron chi connectivity index (χ3n) is 5.75. The molecule has 3 fully saturated rings. The molecule has 2 amide bonds. The van der Waals surface area contributed by atoms with Crippen LogP contribution in [0, 0.1) is 23.2 Å². The number of imide groups is 1. The summed E-state index contributed by atoms with van der Waals surface area (Å²) < 4.78 is 54.0. The summed E-state index contributed by atoms with van der Waals surface area (Å²) >= 11 is 0. The summed E-state index contributed by atoms with van der Waals surface area (Å²) in [5.74, 6) is -5.58. The Balaban J connectivity index is 1.93.